The average molecular weight is 174 g/mol. The predicted octanol–water partition coefficient (Wildman–Crippen LogP) is 1.85. The van der Waals surface area contributed by atoms with Crippen molar-refractivity contribution in [2.45, 2.75) is 13.8 Å². The molecule has 2 aromatic heterocycles. The van der Waals surface area contributed by atoms with Crippen molar-refractivity contribution in [3.63, 3.8) is 0 Å². The number of carbonyl (C=O) groups is 1. The fraction of sp³-hybridized carbons (Fsp3) is 0.200. The summed E-state index contributed by atoms with van der Waals surface area (Å²) < 4.78 is 1.73. The number of aromatic nitrogens is 2. The van der Waals surface area contributed by atoms with Gasteiger partial charge in [0, 0.05) is 11.8 Å². The molecule has 0 aliphatic rings. The van der Waals surface area contributed by atoms with Gasteiger partial charge >= 0.3 is 0 Å². The van der Waals surface area contributed by atoms with Crippen LogP contribution in [0.3, 0.4) is 0 Å². The summed E-state index contributed by atoms with van der Waals surface area (Å²) in [7, 11) is 0. The molecule has 2 aromatic rings. The second kappa shape index (κ2) is 2.69. The van der Waals surface area contributed by atoms with Gasteiger partial charge in [-0.25, -0.2) is 4.52 Å². The van der Waals surface area contributed by atoms with Gasteiger partial charge in [0.25, 0.3) is 0 Å². The van der Waals surface area contributed by atoms with E-state index in [-0.39, 0.29) is 5.78 Å². The van der Waals surface area contributed by atoms with E-state index in [2.05, 4.69) is 5.10 Å². The zero-order valence-electron chi connectivity index (χ0n) is 7.61. The summed E-state index contributed by atoms with van der Waals surface area (Å²) >= 11 is 0. The van der Waals surface area contributed by atoms with Crippen LogP contribution in [0.25, 0.3) is 5.52 Å². The summed E-state index contributed by atoms with van der Waals surface area (Å²) in [6.07, 6.45) is 1.84. The molecule has 0 radical (unpaired) electrons. The first-order valence-electron chi connectivity index (χ1n) is 4.14. The fourth-order valence-electron chi connectivity index (χ4n) is 1.44. The molecule has 0 aromatic carbocycles. The Morgan fingerprint density at radius 1 is 1.54 bits per heavy atom. The van der Waals surface area contributed by atoms with Gasteiger partial charge in [0.15, 0.2) is 5.78 Å². The van der Waals surface area contributed by atoms with Crippen LogP contribution in [0.1, 0.15) is 23.0 Å². The SMILES string of the molecule is CC(=O)c1cccn2nc(C)cc12. The van der Waals surface area contributed by atoms with Gasteiger partial charge in [0.1, 0.15) is 0 Å². The van der Waals surface area contributed by atoms with E-state index in [0.717, 1.165) is 16.8 Å². The van der Waals surface area contributed by atoms with Crippen LogP contribution in [0.5, 0.6) is 0 Å². The monoisotopic (exact) mass is 174 g/mol. The van der Waals surface area contributed by atoms with Crippen molar-refractivity contribution in [1.29, 1.82) is 0 Å². The number of pyridine rings is 1. The van der Waals surface area contributed by atoms with E-state index in [4.69, 9.17) is 0 Å². The summed E-state index contributed by atoms with van der Waals surface area (Å²) in [5.74, 6) is 0.0745. The Labute approximate surface area is 76.0 Å². The Hall–Kier alpha value is -1.64. The summed E-state index contributed by atoms with van der Waals surface area (Å²) in [6, 6.07) is 5.56. The number of hydrogen-bond acceptors (Lipinski definition) is 2. The first kappa shape index (κ1) is 7.98. The molecule has 2 heterocycles. The Morgan fingerprint density at radius 3 is 3.00 bits per heavy atom. The van der Waals surface area contributed by atoms with E-state index in [0.29, 0.717) is 0 Å². The molecule has 0 amide bonds. The predicted molar refractivity (Wildman–Crippen MR) is 49.9 cm³/mol. The fourth-order valence-corrected chi connectivity index (χ4v) is 1.44. The number of aryl methyl sites for hydroxylation is 1. The summed E-state index contributed by atoms with van der Waals surface area (Å²) in [5.41, 5.74) is 2.53. The number of carbonyl (C=O) groups excluding carboxylic acids is 1. The molecule has 66 valence electrons. The lowest BCUT2D eigenvalue weighted by Gasteiger charge is -1.97. The normalized spacial score (nSPS) is 10.6. The minimum Gasteiger partial charge on any atom is -0.294 e. The molecule has 0 atom stereocenters. The highest BCUT2D eigenvalue weighted by Gasteiger charge is 2.06. The first-order valence-corrected chi connectivity index (χ1v) is 4.14. The lowest BCUT2D eigenvalue weighted by molar-refractivity contribution is 0.101. The molecule has 0 bridgehead atoms. The van der Waals surface area contributed by atoms with Crippen molar-refractivity contribution in [2.24, 2.45) is 0 Å². The molecule has 2 rings (SSSR count). The second-order valence-corrected chi connectivity index (χ2v) is 3.09. The highest BCUT2D eigenvalue weighted by atomic mass is 16.1. The Morgan fingerprint density at radius 2 is 2.31 bits per heavy atom. The van der Waals surface area contributed by atoms with Crippen LogP contribution < -0.4 is 0 Å². The highest BCUT2D eigenvalue weighted by molar-refractivity contribution is 6.00. The zero-order valence-corrected chi connectivity index (χ0v) is 7.61. The van der Waals surface area contributed by atoms with E-state index in [9.17, 15) is 4.79 Å². The van der Waals surface area contributed by atoms with Gasteiger partial charge in [0.05, 0.1) is 11.2 Å². The zero-order chi connectivity index (χ0) is 9.42. The van der Waals surface area contributed by atoms with Crippen LogP contribution in [0, 0.1) is 6.92 Å². The van der Waals surface area contributed by atoms with Gasteiger partial charge in [-0.2, -0.15) is 5.10 Å². The van der Waals surface area contributed by atoms with Gasteiger partial charge in [-0.15, -0.1) is 0 Å². The topological polar surface area (TPSA) is 34.4 Å². The molecule has 13 heavy (non-hydrogen) atoms. The number of rotatable bonds is 1. The Bertz CT molecular complexity index is 471. The molecule has 0 unspecified atom stereocenters. The molecule has 0 spiro atoms. The summed E-state index contributed by atoms with van der Waals surface area (Å²) in [6.45, 7) is 3.48. The van der Waals surface area contributed by atoms with Gasteiger partial charge in [-0.3, -0.25) is 4.79 Å². The van der Waals surface area contributed by atoms with Crippen molar-refractivity contribution in [2.75, 3.05) is 0 Å². The maximum Gasteiger partial charge on any atom is 0.161 e. The quantitative estimate of drug-likeness (QED) is 0.618. The van der Waals surface area contributed by atoms with Crippen molar-refractivity contribution in [1.82, 2.24) is 9.61 Å². The van der Waals surface area contributed by atoms with Gasteiger partial charge in [0.2, 0.25) is 0 Å². The van der Waals surface area contributed by atoms with Crippen LogP contribution in [0.2, 0.25) is 0 Å². The summed E-state index contributed by atoms with van der Waals surface area (Å²) in [5, 5.41) is 4.22. The Balaban J connectivity index is 2.82. The Kier molecular flexibility index (Phi) is 1.65. The number of Topliss-reactive ketones (excluding diaryl/α,β-unsaturated/α-hetero) is 1. The molecule has 3 heteroatoms. The number of ketones is 1. The third-order valence-corrected chi connectivity index (χ3v) is 2.00. The van der Waals surface area contributed by atoms with Crippen molar-refractivity contribution < 1.29 is 4.79 Å². The van der Waals surface area contributed by atoms with E-state index < -0.39 is 0 Å². The second-order valence-electron chi connectivity index (χ2n) is 3.09. The van der Waals surface area contributed by atoms with Crippen LogP contribution in [-0.2, 0) is 0 Å². The van der Waals surface area contributed by atoms with Crippen LogP contribution in [0.4, 0.5) is 0 Å². The summed E-state index contributed by atoms with van der Waals surface area (Å²) in [4.78, 5) is 11.2. The molecule has 0 fully saturated rings. The lowest BCUT2D eigenvalue weighted by Crippen LogP contribution is -1.96. The number of fused-ring (bicyclic) bond motifs is 1. The first-order chi connectivity index (χ1) is 6.18. The maximum absolute atomic E-state index is 11.2. The van der Waals surface area contributed by atoms with Crippen LogP contribution in [0.15, 0.2) is 24.4 Å². The molecule has 3 nitrogen and oxygen atoms in total. The van der Waals surface area contributed by atoms with E-state index >= 15 is 0 Å². The highest BCUT2D eigenvalue weighted by Crippen LogP contribution is 2.12. The van der Waals surface area contributed by atoms with Crippen LogP contribution in [-0.4, -0.2) is 15.4 Å². The minimum atomic E-state index is 0.0745. The molecular weight excluding hydrogens is 164 g/mol. The van der Waals surface area contributed by atoms with Gasteiger partial charge in [-0.05, 0) is 32.0 Å². The minimum absolute atomic E-state index is 0.0745. The van der Waals surface area contributed by atoms with E-state index in [1.807, 2.05) is 31.3 Å². The molecule has 0 aliphatic heterocycles. The molecule has 0 saturated heterocycles. The van der Waals surface area contributed by atoms with Crippen molar-refractivity contribution in [3.05, 3.63) is 35.7 Å². The van der Waals surface area contributed by atoms with Gasteiger partial charge in [-0.1, -0.05) is 0 Å². The smallest absolute Gasteiger partial charge is 0.161 e. The number of hydrogen-bond donors (Lipinski definition) is 0. The van der Waals surface area contributed by atoms with Crippen LogP contribution >= 0.6 is 0 Å². The average Bonchev–Trinajstić information content (AvgIpc) is 2.43. The van der Waals surface area contributed by atoms with E-state index in [1.165, 1.54) is 0 Å². The number of nitrogens with zero attached hydrogens (tertiary/aromatic N) is 2. The molecular formula is C10H10N2O. The van der Waals surface area contributed by atoms with Crippen molar-refractivity contribution >= 4 is 11.3 Å². The third kappa shape index (κ3) is 1.22. The molecule has 0 N–H and O–H groups in total. The standard InChI is InChI=1S/C10H10N2O/c1-7-6-10-9(8(2)13)4-3-5-12(10)11-7/h3-6H,1-2H3. The van der Waals surface area contributed by atoms with Crippen molar-refractivity contribution in [3.8, 4) is 0 Å². The molecule has 0 aliphatic carbocycles. The third-order valence-electron chi connectivity index (χ3n) is 2.00. The largest absolute Gasteiger partial charge is 0.294 e. The van der Waals surface area contributed by atoms with Gasteiger partial charge < -0.3 is 0 Å². The molecule has 0 saturated carbocycles. The van der Waals surface area contributed by atoms with E-state index in [1.54, 1.807) is 11.4 Å². The maximum atomic E-state index is 11.2. The lowest BCUT2D eigenvalue weighted by atomic mass is 10.1.